The van der Waals surface area contributed by atoms with E-state index in [0.29, 0.717) is 37.1 Å². The smallest absolute Gasteiger partial charge is 0.311 e. The highest BCUT2D eigenvalue weighted by atomic mass is 16.4. The molecule has 1 amide bonds. The van der Waals surface area contributed by atoms with Gasteiger partial charge in [-0.25, -0.2) is 0 Å². The van der Waals surface area contributed by atoms with Gasteiger partial charge < -0.3 is 10.0 Å². The summed E-state index contributed by atoms with van der Waals surface area (Å²) in [5.41, 5.74) is 1.49. The lowest BCUT2D eigenvalue weighted by Crippen LogP contribution is -2.49. The summed E-state index contributed by atoms with van der Waals surface area (Å²) < 4.78 is 1.79. The number of hydrogen-bond acceptors (Lipinski definition) is 3. The fraction of sp³-hybridized carbons (Fsp3) is 0.632. The van der Waals surface area contributed by atoms with Gasteiger partial charge in [0, 0.05) is 25.8 Å². The first-order valence-electron chi connectivity index (χ1n) is 8.99. The molecule has 0 radical (unpaired) electrons. The molecule has 0 bridgehead atoms. The van der Waals surface area contributed by atoms with Gasteiger partial charge in [-0.3, -0.25) is 14.3 Å². The van der Waals surface area contributed by atoms with Gasteiger partial charge in [-0.1, -0.05) is 18.6 Å². The average Bonchev–Trinajstić information content (AvgIpc) is 2.93. The number of aryl methyl sites for hydroxylation is 2. The normalized spacial score (nSPS) is 20.4. The number of rotatable bonds is 6. The summed E-state index contributed by atoms with van der Waals surface area (Å²) >= 11 is 0. The summed E-state index contributed by atoms with van der Waals surface area (Å²) in [4.78, 5) is 26.6. The molecule has 0 aliphatic carbocycles. The van der Waals surface area contributed by atoms with Crippen LogP contribution in [0.5, 0.6) is 0 Å². The maximum Gasteiger partial charge on any atom is 0.311 e. The molecule has 25 heavy (non-hydrogen) atoms. The van der Waals surface area contributed by atoms with Crippen LogP contribution in [0.1, 0.15) is 62.5 Å². The fourth-order valence-electron chi connectivity index (χ4n) is 3.37. The van der Waals surface area contributed by atoms with Crippen LogP contribution in [0.3, 0.4) is 0 Å². The zero-order chi connectivity index (χ0) is 18.6. The van der Waals surface area contributed by atoms with Crippen LogP contribution in [0.2, 0.25) is 0 Å². The molecule has 1 N–H and O–H groups in total. The van der Waals surface area contributed by atoms with Crippen molar-refractivity contribution >= 4 is 11.9 Å². The highest BCUT2D eigenvalue weighted by molar-refractivity contribution is 5.95. The second kappa shape index (κ2) is 7.85. The van der Waals surface area contributed by atoms with E-state index in [9.17, 15) is 14.7 Å². The quantitative estimate of drug-likeness (QED) is 0.802. The number of allylic oxidation sites excluding steroid dienone is 2. The van der Waals surface area contributed by atoms with E-state index in [1.807, 2.05) is 26.8 Å². The van der Waals surface area contributed by atoms with Gasteiger partial charge in [0.2, 0.25) is 0 Å². The number of hydrogen-bond donors (Lipinski definition) is 1. The third-order valence-electron chi connectivity index (χ3n) is 4.85. The van der Waals surface area contributed by atoms with Gasteiger partial charge in [-0.2, -0.15) is 5.10 Å². The van der Waals surface area contributed by atoms with Crippen LogP contribution < -0.4 is 0 Å². The monoisotopic (exact) mass is 347 g/mol. The van der Waals surface area contributed by atoms with Crippen molar-refractivity contribution in [2.75, 3.05) is 13.1 Å². The predicted octanol–water partition coefficient (Wildman–Crippen LogP) is 3.26. The number of likely N-dealkylation sites (tertiary alicyclic amines) is 1. The van der Waals surface area contributed by atoms with Gasteiger partial charge in [0.05, 0.1) is 16.7 Å². The lowest BCUT2D eigenvalue weighted by Gasteiger charge is -2.39. The molecule has 1 aliphatic rings. The molecule has 1 fully saturated rings. The largest absolute Gasteiger partial charge is 0.481 e. The molecular weight excluding hydrogens is 318 g/mol. The summed E-state index contributed by atoms with van der Waals surface area (Å²) in [6, 6.07) is 0. The third kappa shape index (κ3) is 4.30. The predicted molar refractivity (Wildman–Crippen MR) is 96.5 cm³/mol. The molecule has 6 nitrogen and oxygen atoms in total. The summed E-state index contributed by atoms with van der Waals surface area (Å²) in [6.07, 6.45) is 6.47. The Kier molecular flexibility index (Phi) is 6.03. The second-order valence-corrected chi connectivity index (χ2v) is 7.29. The number of carboxylic acid groups (broad SMARTS) is 1. The Morgan fingerprint density at radius 1 is 1.40 bits per heavy atom. The summed E-state index contributed by atoms with van der Waals surface area (Å²) in [5, 5.41) is 14.2. The first-order valence-corrected chi connectivity index (χ1v) is 8.99. The Morgan fingerprint density at radius 2 is 2.12 bits per heavy atom. The Morgan fingerprint density at radius 3 is 2.72 bits per heavy atom. The zero-order valence-electron chi connectivity index (χ0n) is 15.7. The van der Waals surface area contributed by atoms with Crippen LogP contribution in [-0.2, 0) is 11.3 Å². The highest BCUT2D eigenvalue weighted by Crippen LogP contribution is 2.35. The zero-order valence-corrected chi connectivity index (χ0v) is 15.7. The molecule has 1 aromatic rings. The third-order valence-corrected chi connectivity index (χ3v) is 4.85. The van der Waals surface area contributed by atoms with Crippen LogP contribution in [0.25, 0.3) is 0 Å². The second-order valence-electron chi connectivity index (χ2n) is 7.29. The molecule has 2 heterocycles. The number of piperidine rings is 1. The first-order chi connectivity index (χ1) is 11.8. The summed E-state index contributed by atoms with van der Waals surface area (Å²) in [6.45, 7) is 9.45. The number of amides is 1. The van der Waals surface area contributed by atoms with Gasteiger partial charge in [0.15, 0.2) is 0 Å². The van der Waals surface area contributed by atoms with Crippen molar-refractivity contribution in [2.24, 2.45) is 5.41 Å². The molecule has 2 rings (SSSR count). The molecule has 138 valence electrons. The highest BCUT2D eigenvalue weighted by Gasteiger charge is 2.43. The molecule has 0 spiro atoms. The van der Waals surface area contributed by atoms with E-state index in [1.54, 1.807) is 15.8 Å². The fourth-order valence-corrected chi connectivity index (χ4v) is 3.37. The lowest BCUT2D eigenvalue weighted by atomic mass is 9.76. The Labute approximate surface area is 149 Å². The van der Waals surface area contributed by atoms with E-state index in [1.165, 1.54) is 0 Å². The van der Waals surface area contributed by atoms with Crippen LogP contribution in [-0.4, -0.2) is 44.8 Å². The SMILES string of the molecule is CCCn1cc(C(=O)N2CCC[C@@](CC=C(C)C)(C(=O)O)C2)c(C)n1. The number of aliphatic carboxylic acids is 1. The number of carbonyl (C=O) groups is 2. The van der Waals surface area contributed by atoms with Crippen LogP contribution >= 0.6 is 0 Å². The standard InChI is InChI=1S/C19H29N3O3/c1-5-10-22-12-16(15(4)20-22)17(23)21-11-6-8-19(13-21,18(24)25)9-7-14(2)3/h7,12H,5-6,8-11,13H2,1-4H3,(H,24,25)/t19-/m0/s1. The van der Waals surface area contributed by atoms with Crippen molar-refractivity contribution in [3.63, 3.8) is 0 Å². The van der Waals surface area contributed by atoms with E-state index >= 15 is 0 Å². The van der Waals surface area contributed by atoms with E-state index in [-0.39, 0.29) is 12.5 Å². The van der Waals surface area contributed by atoms with Crippen LogP contribution in [0.15, 0.2) is 17.8 Å². The number of carbonyl (C=O) groups excluding carboxylic acids is 1. The minimum absolute atomic E-state index is 0.109. The first kappa shape index (κ1) is 19.2. The molecule has 0 aromatic carbocycles. The van der Waals surface area contributed by atoms with Crippen molar-refractivity contribution < 1.29 is 14.7 Å². The maximum atomic E-state index is 13.0. The van der Waals surface area contributed by atoms with Gasteiger partial charge in [0.25, 0.3) is 5.91 Å². The number of carboxylic acids is 1. The molecule has 0 saturated carbocycles. The van der Waals surface area contributed by atoms with Crippen molar-refractivity contribution in [3.8, 4) is 0 Å². The van der Waals surface area contributed by atoms with E-state index in [0.717, 1.165) is 18.5 Å². The van der Waals surface area contributed by atoms with E-state index in [4.69, 9.17) is 0 Å². The van der Waals surface area contributed by atoms with Crippen LogP contribution in [0.4, 0.5) is 0 Å². The van der Waals surface area contributed by atoms with Crippen LogP contribution in [0, 0.1) is 12.3 Å². The van der Waals surface area contributed by atoms with Gasteiger partial charge >= 0.3 is 5.97 Å². The minimum atomic E-state index is -0.890. The van der Waals surface area contributed by atoms with Gasteiger partial charge in [-0.05, 0) is 46.5 Å². The summed E-state index contributed by atoms with van der Waals surface area (Å²) in [7, 11) is 0. The Hall–Kier alpha value is -2.11. The topological polar surface area (TPSA) is 75.4 Å². The molecule has 6 heteroatoms. The number of nitrogens with zero attached hydrogens (tertiary/aromatic N) is 3. The Bertz CT molecular complexity index is 673. The van der Waals surface area contributed by atoms with E-state index < -0.39 is 11.4 Å². The van der Waals surface area contributed by atoms with Crippen molar-refractivity contribution in [1.82, 2.24) is 14.7 Å². The number of aromatic nitrogens is 2. The van der Waals surface area contributed by atoms with E-state index in [2.05, 4.69) is 12.0 Å². The maximum absolute atomic E-state index is 13.0. The minimum Gasteiger partial charge on any atom is -0.481 e. The van der Waals surface area contributed by atoms with Crippen molar-refractivity contribution in [1.29, 1.82) is 0 Å². The molecule has 1 atom stereocenters. The van der Waals surface area contributed by atoms with Gasteiger partial charge in [-0.15, -0.1) is 0 Å². The molecule has 1 aliphatic heterocycles. The summed E-state index contributed by atoms with van der Waals surface area (Å²) in [5.74, 6) is -0.928. The van der Waals surface area contributed by atoms with Gasteiger partial charge in [0.1, 0.15) is 0 Å². The Balaban J connectivity index is 2.22. The van der Waals surface area contributed by atoms with Crippen molar-refractivity contribution in [3.05, 3.63) is 29.1 Å². The molecule has 0 unspecified atom stereocenters. The molecular formula is C19H29N3O3. The average molecular weight is 347 g/mol. The van der Waals surface area contributed by atoms with Crippen molar-refractivity contribution in [2.45, 2.75) is 59.9 Å². The molecule has 1 aromatic heterocycles. The lowest BCUT2D eigenvalue weighted by molar-refractivity contribution is -0.151. The molecule has 1 saturated heterocycles.